The summed E-state index contributed by atoms with van der Waals surface area (Å²) < 4.78 is 12.2. The summed E-state index contributed by atoms with van der Waals surface area (Å²) in [6, 6.07) is 11.9. The summed E-state index contributed by atoms with van der Waals surface area (Å²) in [5.41, 5.74) is 3.98. The predicted molar refractivity (Wildman–Crippen MR) is 111 cm³/mol. The Hall–Kier alpha value is -3.28. The molecule has 0 fully saturated rings. The lowest BCUT2D eigenvalue weighted by atomic mass is 10.1. The molecule has 2 aromatic carbocycles. The average molecular weight is 379 g/mol. The SMILES string of the molecule is COc1ccc(CCNc2nccn(-c3cc(C)cc(C)c3)c2=O)cc1OC. The van der Waals surface area contributed by atoms with Crippen molar-refractivity contribution >= 4 is 5.82 Å². The van der Waals surface area contributed by atoms with E-state index < -0.39 is 0 Å². The summed E-state index contributed by atoms with van der Waals surface area (Å²) >= 11 is 0. The van der Waals surface area contributed by atoms with Crippen LogP contribution in [0, 0.1) is 13.8 Å². The van der Waals surface area contributed by atoms with E-state index in [1.807, 2.05) is 44.2 Å². The summed E-state index contributed by atoms with van der Waals surface area (Å²) in [4.78, 5) is 17.0. The number of hydrogen-bond donors (Lipinski definition) is 1. The summed E-state index contributed by atoms with van der Waals surface area (Å²) in [5.74, 6) is 1.72. The van der Waals surface area contributed by atoms with E-state index in [0.29, 0.717) is 23.9 Å². The van der Waals surface area contributed by atoms with Gasteiger partial charge in [0.2, 0.25) is 0 Å². The van der Waals surface area contributed by atoms with Gasteiger partial charge in [-0.25, -0.2) is 4.98 Å². The van der Waals surface area contributed by atoms with Crippen molar-refractivity contribution in [1.82, 2.24) is 9.55 Å². The van der Waals surface area contributed by atoms with Crippen molar-refractivity contribution in [3.8, 4) is 17.2 Å². The summed E-state index contributed by atoms with van der Waals surface area (Å²) in [5, 5.41) is 3.15. The maximum Gasteiger partial charge on any atom is 0.297 e. The molecule has 0 bridgehead atoms. The van der Waals surface area contributed by atoms with Gasteiger partial charge in [-0.1, -0.05) is 12.1 Å². The minimum Gasteiger partial charge on any atom is -0.493 e. The first-order valence-electron chi connectivity index (χ1n) is 9.13. The van der Waals surface area contributed by atoms with Crippen molar-refractivity contribution in [2.24, 2.45) is 0 Å². The van der Waals surface area contributed by atoms with Crippen LogP contribution < -0.4 is 20.3 Å². The van der Waals surface area contributed by atoms with Crippen LogP contribution in [0.3, 0.4) is 0 Å². The van der Waals surface area contributed by atoms with Gasteiger partial charge < -0.3 is 14.8 Å². The third-order valence-electron chi connectivity index (χ3n) is 4.48. The lowest BCUT2D eigenvalue weighted by molar-refractivity contribution is 0.354. The molecule has 146 valence electrons. The molecule has 0 aliphatic carbocycles. The largest absolute Gasteiger partial charge is 0.493 e. The van der Waals surface area contributed by atoms with Crippen LogP contribution in [0.15, 0.2) is 53.6 Å². The molecular weight excluding hydrogens is 354 g/mol. The number of benzene rings is 2. The lowest BCUT2D eigenvalue weighted by Crippen LogP contribution is -2.24. The standard InChI is InChI=1S/C22H25N3O3/c1-15-11-16(2)13-18(12-15)25-10-9-24-21(22(25)26)23-8-7-17-5-6-19(27-3)20(14-17)28-4/h5-6,9-14H,7-8H2,1-4H3,(H,23,24). The van der Waals surface area contributed by atoms with Gasteiger partial charge in [0.25, 0.3) is 5.56 Å². The molecule has 28 heavy (non-hydrogen) atoms. The first-order chi connectivity index (χ1) is 13.5. The molecule has 0 saturated carbocycles. The van der Waals surface area contributed by atoms with Crippen LogP contribution in [-0.2, 0) is 6.42 Å². The fourth-order valence-electron chi connectivity index (χ4n) is 3.19. The molecule has 3 aromatic rings. The van der Waals surface area contributed by atoms with Crippen LogP contribution in [0.2, 0.25) is 0 Å². The van der Waals surface area contributed by atoms with Crippen LogP contribution in [0.25, 0.3) is 5.69 Å². The number of hydrogen-bond acceptors (Lipinski definition) is 5. The highest BCUT2D eigenvalue weighted by molar-refractivity contribution is 5.44. The highest BCUT2D eigenvalue weighted by atomic mass is 16.5. The van der Waals surface area contributed by atoms with Gasteiger partial charge in [-0.05, 0) is 61.2 Å². The van der Waals surface area contributed by atoms with Crippen molar-refractivity contribution < 1.29 is 9.47 Å². The van der Waals surface area contributed by atoms with Crippen LogP contribution in [0.5, 0.6) is 11.5 Å². The van der Waals surface area contributed by atoms with E-state index >= 15 is 0 Å². The molecule has 0 saturated heterocycles. The molecular formula is C22H25N3O3. The number of ether oxygens (including phenoxy) is 2. The summed E-state index contributed by atoms with van der Waals surface area (Å²) in [6.45, 7) is 4.62. The molecule has 0 unspecified atom stereocenters. The van der Waals surface area contributed by atoms with Crippen LogP contribution in [-0.4, -0.2) is 30.3 Å². The third-order valence-corrected chi connectivity index (χ3v) is 4.48. The number of nitrogens with one attached hydrogen (secondary N) is 1. The molecule has 0 spiro atoms. The quantitative estimate of drug-likeness (QED) is 0.680. The number of rotatable bonds is 7. The van der Waals surface area contributed by atoms with Gasteiger partial charge in [-0.3, -0.25) is 9.36 Å². The molecule has 6 heteroatoms. The van der Waals surface area contributed by atoms with E-state index in [4.69, 9.17) is 9.47 Å². The number of aryl methyl sites for hydroxylation is 2. The average Bonchev–Trinajstić information content (AvgIpc) is 2.68. The van der Waals surface area contributed by atoms with Crippen molar-refractivity contribution in [3.63, 3.8) is 0 Å². The molecule has 0 amide bonds. The monoisotopic (exact) mass is 379 g/mol. The smallest absolute Gasteiger partial charge is 0.297 e. The minimum absolute atomic E-state index is 0.167. The molecule has 3 rings (SSSR count). The Bertz CT molecular complexity index is 1010. The molecule has 1 heterocycles. The number of anilines is 1. The van der Waals surface area contributed by atoms with E-state index in [-0.39, 0.29) is 5.56 Å². The highest BCUT2D eigenvalue weighted by Crippen LogP contribution is 2.27. The Kier molecular flexibility index (Phi) is 5.99. The summed E-state index contributed by atoms with van der Waals surface area (Å²) in [7, 11) is 3.23. The Balaban J connectivity index is 1.74. The zero-order chi connectivity index (χ0) is 20.1. The molecule has 0 atom stereocenters. The normalized spacial score (nSPS) is 10.6. The van der Waals surface area contributed by atoms with Gasteiger partial charge in [0.1, 0.15) is 0 Å². The maximum absolute atomic E-state index is 12.8. The lowest BCUT2D eigenvalue weighted by Gasteiger charge is -2.12. The van der Waals surface area contributed by atoms with Crippen LogP contribution >= 0.6 is 0 Å². The van der Waals surface area contributed by atoms with Crippen molar-refractivity contribution in [1.29, 1.82) is 0 Å². The van der Waals surface area contributed by atoms with Gasteiger partial charge in [0.15, 0.2) is 17.3 Å². The van der Waals surface area contributed by atoms with Gasteiger partial charge in [0.05, 0.1) is 14.2 Å². The van der Waals surface area contributed by atoms with Crippen LogP contribution in [0.4, 0.5) is 5.82 Å². The first-order valence-corrected chi connectivity index (χ1v) is 9.13. The Morgan fingerprint density at radius 2 is 1.71 bits per heavy atom. The molecule has 0 aliphatic rings. The number of aromatic nitrogens is 2. The second-order valence-corrected chi connectivity index (χ2v) is 6.66. The number of nitrogens with zero attached hydrogens (tertiary/aromatic N) is 2. The fourth-order valence-corrected chi connectivity index (χ4v) is 3.19. The van der Waals surface area contributed by atoms with Gasteiger partial charge >= 0.3 is 0 Å². The fraction of sp³-hybridized carbons (Fsp3) is 0.273. The molecule has 0 radical (unpaired) electrons. The second kappa shape index (κ2) is 8.61. The molecule has 1 aromatic heterocycles. The zero-order valence-corrected chi connectivity index (χ0v) is 16.7. The van der Waals surface area contributed by atoms with Crippen molar-refractivity contribution in [3.05, 3.63) is 75.8 Å². The molecule has 6 nitrogen and oxygen atoms in total. The first kappa shape index (κ1) is 19.5. The zero-order valence-electron chi connectivity index (χ0n) is 16.7. The van der Waals surface area contributed by atoms with E-state index in [9.17, 15) is 4.79 Å². The van der Waals surface area contributed by atoms with Crippen molar-refractivity contribution in [2.45, 2.75) is 20.3 Å². The van der Waals surface area contributed by atoms with E-state index in [1.165, 1.54) is 0 Å². The van der Waals surface area contributed by atoms with E-state index in [2.05, 4.69) is 16.4 Å². The van der Waals surface area contributed by atoms with E-state index in [0.717, 1.165) is 28.8 Å². The predicted octanol–water partition coefficient (Wildman–Crippen LogP) is 3.52. The maximum atomic E-state index is 12.8. The van der Waals surface area contributed by atoms with E-state index in [1.54, 1.807) is 31.2 Å². The minimum atomic E-state index is -0.167. The van der Waals surface area contributed by atoms with Crippen molar-refractivity contribution in [2.75, 3.05) is 26.1 Å². The second-order valence-electron chi connectivity index (χ2n) is 6.66. The van der Waals surface area contributed by atoms with Gasteiger partial charge in [0, 0.05) is 24.6 Å². The Morgan fingerprint density at radius 3 is 2.39 bits per heavy atom. The topological polar surface area (TPSA) is 65.4 Å². The third kappa shape index (κ3) is 4.34. The molecule has 1 N–H and O–H groups in total. The van der Waals surface area contributed by atoms with Gasteiger partial charge in [-0.15, -0.1) is 0 Å². The Labute approximate surface area is 164 Å². The Morgan fingerprint density at radius 1 is 1.00 bits per heavy atom. The molecule has 0 aliphatic heterocycles. The number of methoxy groups -OCH3 is 2. The summed E-state index contributed by atoms with van der Waals surface area (Å²) in [6.07, 6.45) is 4.05. The van der Waals surface area contributed by atoms with Crippen LogP contribution in [0.1, 0.15) is 16.7 Å². The highest BCUT2D eigenvalue weighted by Gasteiger charge is 2.08. The van der Waals surface area contributed by atoms with Gasteiger partial charge in [-0.2, -0.15) is 0 Å².